The molecule has 1 aliphatic rings. The van der Waals surface area contributed by atoms with Crippen molar-refractivity contribution in [3.05, 3.63) is 112 Å². The molecule has 1 N–H and O–H groups in total. The molecule has 0 saturated carbocycles. The molecule has 3 aromatic carbocycles. The van der Waals surface area contributed by atoms with Crippen LogP contribution in [0.4, 0.5) is 10.8 Å². The molecule has 0 spiro atoms. The standard InChI is InChI=1S/C35H39N5O3S/c1-25(41)38-17-19-39(20-18-38)33(43)28-10-8-9-26(21-28)23-40(30-11-6-5-7-12-30)24-31-22-36-34(44-31)37-32(42)27-13-15-29(16-14-27)35(2,3)4/h5-16,21-22H,17-20,23-24H2,1-4H3,(H,36,37,42). The molecule has 4 aromatic rings. The van der Waals surface area contributed by atoms with E-state index in [0.29, 0.717) is 55.5 Å². The van der Waals surface area contributed by atoms with Gasteiger partial charge in [-0.25, -0.2) is 4.98 Å². The second kappa shape index (κ2) is 13.4. The molecule has 228 valence electrons. The van der Waals surface area contributed by atoms with Gasteiger partial charge in [0.2, 0.25) is 5.91 Å². The minimum Gasteiger partial charge on any atom is -0.362 e. The summed E-state index contributed by atoms with van der Waals surface area (Å²) >= 11 is 1.45. The van der Waals surface area contributed by atoms with Crippen LogP contribution in [0.15, 0.2) is 85.1 Å². The van der Waals surface area contributed by atoms with Gasteiger partial charge in [-0.2, -0.15) is 0 Å². The number of amides is 3. The molecule has 0 bridgehead atoms. The molecule has 0 atom stereocenters. The highest BCUT2D eigenvalue weighted by Crippen LogP contribution is 2.26. The number of benzene rings is 3. The van der Waals surface area contributed by atoms with Gasteiger partial charge < -0.3 is 14.7 Å². The topological polar surface area (TPSA) is 85.8 Å². The normalized spacial score (nSPS) is 13.5. The first-order valence-corrected chi connectivity index (χ1v) is 15.7. The van der Waals surface area contributed by atoms with E-state index in [1.54, 1.807) is 18.0 Å². The highest BCUT2D eigenvalue weighted by Gasteiger charge is 2.24. The van der Waals surface area contributed by atoms with Gasteiger partial charge in [-0.15, -0.1) is 0 Å². The molecule has 9 heteroatoms. The SMILES string of the molecule is CC(=O)N1CCN(C(=O)c2cccc(CN(Cc3cnc(NC(=O)c4ccc(C(C)(C)C)cc4)s3)c3ccccc3)c2)CC1. The molecule has 0 radical (unpaired) electrons. The first-order valence-electron chi connectivity index (χ1n) is 14.9. The van der Waals surface area contributed by atoms with Crippen LogP contribution in [0, 0.1) is 0 Å². The number of piperazine rings is 1. The van der Waals surface area contributed by atoms with Crippen molar-refractivity contribution >= 4 is 39.9 Å². The summed E-state index contributed by atoms with van der Waals surface area (Å²) in [5, 5.41) is 3.50. The number of hydrogen-bond donors (Lipinski definition) is 1. The Balaban J connectivity index is 1.27. The minimum atomic E-state index is -0.185. The number of aromatic nitrogens is 1. The maximum absolute atomic E-state index is 13.3. The Bertz CT molecular complexity index is 1600. The average molecular weight is 610 g/mol. The molecule has 0 unspecified atom stereocenters. The molecule has 0 aliphatic carbocycles. The first-order chi connectivity index (χ1) is 21.1. The Hall–Kier alpha value is -4.50. The molecular weight excluding hydrogens is 570 g/mol. The van der Waals surface area contributed by atoms with E-state index in [2.05, 4.69) is 48.1 Å². The fourth-order valence-electron chi connectivity index (χ4n) is 5.22. The van der Waals surface area contributed by atoms with Crippen LogP contribution in [-0.2, 0) is 23.3 Å². The Morgan fingerprint density at radius 3 is 2.18 bits per heavy atom. The van der Waals surface area contributed by atoms with E-state index in [1.165, 1.54) is 16.9 Å². The predicted molar refractivity (Wildman–Crippen MR) is 176 cm³/mol. The van der Waals surface area contributed by atoms with Gasteiger partial charge in [0.15, 0.2) is 5.13 Å². The van der Waals surface area contributed by atoms with Crippen LogP contribution in [0.3, 0.4) is 0 Å². The third-order valence-corrected chi connectivity index (χ3v) is 8.71. The zero-order chi connectivity index (χ0) is 31.3. The summed E-state index contributed by atoms with van der Waals surface area (Å²) in [6.45, 7) is 11.4. The lowest BCUT2D eigenvalue weighted by atomic mass is 9.87. The Morgan fingerprint density at radius 2 is 1.52 bits per heavy atom. The highest BCUT2D eigenvalue weighted by atomic mass is 32.1. The fourth-order valence-corrected chi connectivity index (χ4v) is 6.05. The van der Waals surface area contributed by atoms with Crippen LogP contribution in [0.2, 0.25) is 0 Å². The number of anilines is 2. The van der Waals surface area contributed by atoms with Gasteiger partial charge in [-0.3, -0.25) is 19.7 Å². The van der Waals surface area contributed by atoms with Gasteiger partial charge >= 0.3 is 0 Å². The predicted octanol–water partition coefficient (Wildman–Crippen LogP) is 6.20. The Kier molecular flexibility index (Phi) is 9.44. The molecule has 1 saturated heterocycles. The van der Waals surface area contributed by atoms with Gasteiger partial charge in [0.05, 0.1) is 6.54 Å². The number of thiazole rings is 1. The van der Waals surface area contributed by atoms with E-state index in [9.17, 15) is 14.4 Å². The second-order valence-corrected chi connectivity index (χ2v) is 13.2. The monoisotopic (exact) mass is 609 g/mol. The summed E-state index contributed by atoms with van der Waals surface area (Å²) in [6.07, 6.45) is 1.81. The molecule has 2 heterocycles. The summed E-state index contributed by atoms with van der Waals surface area (Å²) in [5.74, 6) is -0.158. The molecule has 1 aliphatic heterocycles. The first kappa shape index (κ1) is 30.9. The smallest absolute Gasteiger partial charge is 0.257 e. The van der Waals surface area contributed by atoms with Crippen molar-refractivity contribution in [2.45, 2.75) is 46.2 Å². The minimum absolute atomic E-state index is 0.0165. The van der Waals surface area contributed by atoms with Crippen LogP contribution < -0.4 is 10.2 Å². The van der Waals surface area contributed by atoms with Gasteiger partial charge in [0, 0.05) is 67.5 Å². The quantitative estimate of drug-likeness (QED) is 0.257. The molecule has 5 rings (SSSR count). The van der Waals surface area contributed by atoms with Crippen LogP contribution in [0.1, 0.15) is 64.4 Å². The maximum atomic E-state index is 13.3. The molecule has 1 fully saturated rings. The van der Waals surface area contributed by atoms with Gasteiger partial charge in [0.1, 0.15) is 0 Å². The molecular formula is C35H39N5O3S. The van der Waals surface area contributed by atoms with Gasteiger partial charge in [-0.1, -0.05) is 74.6 Å². The third kappa shape index (κ3) is 7.71. The summed E-state index contributed by atoms with van der Waals surface area (Å²) < 4.78 is 0. The van der Waals surface area contributed by atoms with Crippen molar-refractivity contribution in [2.75, 3.05) is 36.4 Å². The largest absolute Gasteiger partial charge is 0.362 e. The lowest BCUT2D eigenvalue weighted by Gasteiger charge is -2.34. The van der Waals surface area contributed by atoms with Crippen LogP contribution >= 0.6 is 11.3 Å². The van der Waals surface area contributed by atoms with Crippen molar-refractivity contribution < 1.29 is 14.4 Å². The van der Waals surface area contributed by atoms with E-state index in [0.717, 1.165) is 16.1 Å². The van der Waals surface area contributed by atoms with Crippen molar-refractivity contribution in [3.63, 3.8) is 0 Å². The van der Waals surface area contributed by atoms with Gasteiger partial charge in [-0.05, 0) is 52.9 Å². The maximum Gasteiger partial charge on any atom is 0.257 e. The number of nitrogens with one attached hydrogen (secondary N) is 1. The lowest BCUT2D eigenvalue weighted by molar-refractivity contribution is -0.130. The molecule has 1 aromatic heterocycles. The van der Waals surface area contributed by atoms with E-state index < -0.39 is 0 Å². The van der Waals surface area contributed by atoms with Crippen LogP contribution in [0.25, 0.3) is 0 Å². The molecule has 3 amide bonds. The van der Waals surface area contributed by atoms with Crippen molar-refractivity contribution in [1.82, 2.24) is 14.8 Å². The number of carbonyl (C=O) groups is 3. The Labute approximate surface area is 263 Å². The van der Waals surface area contributed by atoms with E-state index in [-0.39, 0.29) is 23.1 Å². The van der Waals surface area contributed by atoms with E-state index in [1.807, 2.05) is 71.6 Å². The van der Waals surface area contributed by atoms with E-state index in [4.69, 9.17) is 0 Å². The van der Waals surface area contributed by atoms with Crippen LogP contribution in [0.5, 0.6) is 0 Å². The zero-order valence-electron chi connectivity index (χ0n) is 25.7. The highest BCUT2D eigenvalue weighted by molar-refractivity contribution is 7.15. The lowest BCUT2D eigenvalue weighted by Crippen LogP contribution is -2.50. The summed E-state index contributed by atoms with van der Waals surface area (Å²) in [5.41, 5.74) is 4.49. The van der Waals surface area contributed by atoms with E-state index >= 15 is 0 Å². The number of hydrogen-bond acceptors (Lipinski definition) is 6. The van der Waals surface area contributed by atoms with Crippen molar-refractivity contribution in [2.24, 2.45) is 0 Å². The number of para-hydroxylation sites is 1. The van der Waals surface area contributed by atoms with Crippen molar-refractivity contribution in [1.29, 1.82) is 0 Å². The zero-order valence-corrected chi connectivity index (χ0v) is 26.6. The molecule has 8 nitrogen and oxygen atoms in total. The summed E-state index contributed by atoms with van der Waals surface area (Å²) in [7, 11) is 0. The summed E-state index contributed by atoms with van der Waals surface area (Å²) in [6, 6.07) is 25.6. The van der Waals surface area contributed by atoms with Crippen molar-refractivity contribution in [3.8, 4) is 0 Å². The number of carbonyl (C=O) groups excluding carboxylic acids is 3. The third-order valence-electron chi connectivity index (χ3n) is 7.81. The number of rotatable bonds is 8. The van der Waals surface area contributed by atoms with Gasteiger partial charge in [0.25, 0.3) is 11.8 Å². The Morgan fingerprint density at radius 1 is 0.841 bits per heavy atom. The number of nitrogens with zero attached hydrogens (tertiary/aromatic N) is 4. The average Bonchev–Trinajstić information content (AvgIpc) is 3.47. The molecule has 44 heavy (non-hydrogen) atoms. The van der Waals surface area contributed by atoms with Crippen LogP contribution in [-0.4, -0.2) is 58.7 Å². The second-order valence-electron chi connectivity index (χ2n) is 12.1. The summed E-state index contributed by atoms with van der Waals surface area (Å²) in [4.78, 5) is 49.2. The fraction of sp³-hybridized carbons (Fsp3) is 0.314.